The van der Waals surface area contributed by atoms with Crippen LogP contribution in [0.25, 0.3) is 5.69 Å². The monoisotopic (exact) mass is 327 g/mol. The van der Waals surface area contributed by atoms with E-state index in [1.165, 1.54) is 0 Å². The van der Waals surface area contributed by atoms with Crippen molar-refractivity contribution in [2.45, 2.75) is 30.7 Å². The van der Waals surface area contributed by atoms with Crippen molar-refractivity contribution in [2.75, 3.05) is 0 Å². The second-order valence-corrected chi connectivity index (χ2v) is 7.41. The van der Waals surface area contributed by atoms with Crippen molar-refractivity contribution in [3.8, 4) is 5.69 Å². The van der Waals surface area contributed by atoms with Crippen LogP contribution < -0.4 is 0 Å². The molecule has 1 heterocycles. The Labute approximate surface area is 135 Å². The predicted octanol–water partition coefficient (Wildman–Crippen LogP) is 3.03. The molecule has 3 aromatic rings. The highest BCUT2D eigenvalue weighted by atomic mass is 32.2. The molecule has 0 amide bonds. The van der Waals surface area contributed by atoms with E-state index in [1.54, 1.807) is 35.9 Å². The van der Waals surface area contributed by atoms with Gasteiger partial charge in [-0.2, -0.15) is 0 Å². The van der Waals surface area contributed by atoms with Gasteiger partial charge in [0.25, 0.3) is 0 Å². The summed E-state index contributed by atoms with van der Waals surface area (Å²) in [7, 11) is -3.68. The van der Waals surface area contributed by atoms with Gasteiger partial charge in [-0.25, -0.2) is 13.1 Å². The topological polar surface area (TPSA) is 64.8 Å². The summed E-state index contributed by atoms with van der Waals surface area (Å²) < 4.78 is 27.1. The molecule has 6 heteroatoms. The largest absolute Gasteiger partial charge is 0.227 e. The summed E-state index contributed by atoms with van der Waals surface area (Å²) in [5, 5.41) is 7.93. The average Bonchev–Trinajstić information content (AvgIpc) is 2.90. The number of aromatic nitrogens is 3. The number of hydrogen-bond acceptors (Lipinski definition) is 4. The molecular weight excluding hydrogens is 310 g/mol. The van der Waals surface area contributed by atoms with Crippen molar-refractivity contribution >= 4 is 9.84 Å². The summed E-state index contributed by atoms with van der Waals surface area (Å²) in [5.41, 5.74) is 3.36. The molecule has 118 valence electrons. The van der Waals surface area contributed by atoms with Gasteiger partial charge in [-0.05, 0) is 50.6 Å². The van der Waals surface area contributed by atoms with E-state index in [0.29, 0.717) is 5.69 Å². The van der Waals surface area contributed by atoms with Gasteiger partial charge in [0.15, 0.2) is 0 Å². The summed E-state index contributed by atoms with van der Waals surface area (Å²) in [6, 6.07) is 14.4. The highest BCUT2D eigenvalue weighted by Gasteiger charge is 2.25. The van der Waals surface area contributed by atoms with Crippen LogP contribution in [0.3, 0.4) is 0 Å². The fraction of sp³-hybridized carbons (Fsp3) is 0.176. The summed E-state index contributed by atoms with van der Waals surface area (Å²) >= 11 is 0. The first-order chi connectivity index (χ1) is 10.9. The van der Waals surface area contributed by atoms with Crippen LogP contribution in [-0.2, 0) is 9.84 Å². The smallest absolute Gasteiger partial charge is 0.217 e. The molecule has 0 aliphatic carbocycles. The second-order valence-electron chi connectivity index (χ2n) is 5.55. The quantitative estimate of drug-likeness (QED) is 0.742. The zero-order chi connectivity index (χ0) is 16.6. The number of hydrogen-bond donors (Lipinski definition) is 0. The SMILES string of the molecule is Cc1ccc(S(=O)(=O)c2nnn(-c3cccc(C)c3)c2C)cc1. The molecule has 0 radical (unpaired) electrons. The molecular formula is C17H17N3O2S. The lowest BCUT2D eigenvalue weighted by Crippen LogP contribution is -2.05. The molecule has 0 N–H and O–H groups in total. The van der Waals surface area contributed by atoms with Crippen LogP contribution in [0, 0.1) is 20.8 Å². The van der Waals surface area contributed by atoms with Crippen LogP contribution in [0.15, 0.2) is 58.5 Å². The van der Waals surface area contributed by atoms with E-state index in [9.17, 15) is 8.42 Å². The van der Waals surface area contributed by atoms with Crippen LogP contribution in [0.5, 0.6) is 0 Å². The highest BCUT2D eigenvalue weighted by molar-refractivity contribution is 7.91. The third-order valence-electron chi connectivity index (χ3n) is 3.68. The minimum atomic E-state index is -3.68. The van der Waals surface area contributed by atoms with E-state index in [4.69, 9.17) is 0 Å². The minimum Gasteiger partial charge on any atom is -0.217 e. The van der Waals surface area contributed by atoms with Gasteiger partial charge in [0.05, 0.1) is 16.3 Å². The van der Waals surface area contributed by atoms with Crippen molar-refractivity contribution in [3.63, 3.8) is 0 Å². The zero-order valence-electron chi connectivity index (χ0n) is 13.2. The molecule has 0 spiro atoms. The number of sulfone groups is 1. The Hall–Kier alpha value is -2.47. The van der Waals surface area contributed by atoms with Crippen LogP contribution >= 0.6 is 0 Å². The standard InChI is InChI=1S/C17H17N3O2S/c1-12-7-9-16(10-8-12)23(21,22)17-14(3)20(19-18-17)15-6-4-5-13(2)11-15/h4-11H,1-3H3. The molecule has 0 saturated carbocycles. The summed E-state index contributed by atoms with van der Waals surface area (Å²) in [4.78, 5) is 0.225. The Morgan fingerprint density at radius 3 is 2.26 bits per heavy atom. The van der Waals surface area contributed by atoms with Gasteiger partial charge >= 0.3 is 0 Å². The molecule has 0 aliphatic heterocycles. The Morgan fingerprint density at radius 2 is 1.61 bits per heavy atom. The lowest BCUT2D eigenvalue weighted by molar-refractivity contribution is 0.591. The third-order valence-corrected chi connectivity index (χ3v) is 5.46. The fourth-order valence-electron chi connectivity index (χ4n) is 2.40. The van der Waals surface area contributed by atoms with E-state index in [0.717, 1.165) is 16.8 Å². The molecule has 5 nitrogen and oxygen atoms in total. The van der Waals surface area contributed by atoms with Crippen LogP contribution in [0.1, 0.15) is 16.8 Å². The van der Waals surface area contributed by atoms with Gasteiger partial charge in [-0.15, -0.1) is 5.10 Å². The predicted molar refractivity (Wildman–Crippen MR) is 87.5 cm³/mol. The van der Waals surface area contributed by atoms with Gasteiger partial charge in [0.2, 0.25) is 14.9 Å². The lowest BCUT2D eigenvalue weighted by Gasteiger charge is -2.05. The first-order valence-electron chi connectivity index (χ1n) is 7.21. The summed E-state index contributed by atoms with van der Waals surface area (Å²) in [6.45, 7) is 5.60. The normalized spacial score (nSPS) is 11.6. The molecule has 23 heavy (non-hydrogen) atoms. The van der Waals surface area contributed by atoms with Crippen molar-refractivity contribution in [1.82, 2.24) is 15.0 Å². The molecule has 0 bridgehead atoms. The van der Waals surface area contributed by atoms with Crippen molar-refractivity contribution in [1.29, 1.82) is 0 Å². The Morgan fingerprint density at radius 1 is 0.913 bits per heavy atom. The second kappa shape index (κ2) is 5.62. The van der Waals surface area contributed by atoms with E-state index in [2.05, 4.69) is 10.3 Å². The molecule has 0 aliphatic rings. The molecule has 0 atom stereocenters. The van der Waals surface area contributed by atoms with Gasteiger partial charge in [0, 0.05) is 0 Å². The Kier molecular flexibility index (Phi) is 3.77. The van der Waals surface area contributed by atoms with E-state index < -0.39 is 9.84 Å². The lowest BCUT2D eigenvalue weighted by atomic mass is 10.2. The van der Waals surface area contributed by atoms with E-state index in [-0.39, 0.29) is 9.92 Å². The van der Waals surface area contributed by atoms with Crippen LogP contribution in [0.4, 0.5) is 0 Å². The molecule has 3 rings (SSSR count). The van der Waals surface area contributed by atoms with Gasteiger partial charge in [0.1, 0.15) is 0 Å². The summed E-state index contributed by atoms with van der Waals surface area (Å²) in [5.74, 6) is 0. The average molecular weight is 327 g/mol. The van der Waals surface area contributed by atoms with Gasteiger partial charge < -0.3 is 0 Å². The molecule has 0 saturated heterocycles. The fourth-order valence-corrected chi connectivity index (χ4v) is 3.73. The minimum absolute atomic E-state index is 0.0112. The van der Waals surface area contributed by atoms with Crippen molar-refractivity contribution in [3.05, 3.63) is 65.4 Å². The molecule has 0 unspecified atom stereocenters. The van der Waals surface area contributed by atoms with Crippen molar-refractivity contribution in [2.24, 2.45) is 0 Å². The number of aryl methyl sites for hydroxylation is 2. The Balaban J connectivity index is 2.10. The Bertz CT molecular complexity index is 958. The molecule has 2 aromatic carbocycles. The van der Waals surface area contributed by atoms with Crippen LogP contribution in [-0.4, -0.2) is 23.4 Å². The van der Waals surface area contributed by atoms with E-state index >= 15 is 0 Å². The maximum Gasteiger partial charge on any atom is 0.227 e. The third kappa shape index (κ3) is 2.77. The first-order valence-corrected chi connectivity index (χ1v) is 8.69. The number of benzene rings is 2. The highest BCUT2D eigenvalue weighted by Crippen LogP contribution is 2.23. The van der Waals surface area contributed by atoms with Crippen LogP contribution in [0.2, 0.25) is 0 Å². The maximum atomic E-state index is 12.8. The number of nitrogens with zero attached hydrogens (tertiary/aromatic N) is 3. The van der Waals surface area contributed by atoms with Gasteiger partial charge in [-0.1, -0.05) is 35.0 Å². The first kappa shape index (κ1) is 15.4. The van der Waals surface area contributed by atoms with Gasteiger partial charge in [-0.3, -0.25) is 0 Å². The summed E-state index contributed by atoms with van der Waals surface area (Å²) in [6.07, 6.45) is 0. The zero-order valence-corrected chi connectivity index (χ0v) is 14.0. The maximum absolute atomic E-state index is 12.8. The molecule has 1 aromatic heterocycles. The molecule has 0 fully saturated rings. The van der Waals surface area contributed by atoms with E-state index in [1.807, 2.05) is 38.1 Å². The van der Waals surface area contributed by atoms with Crippen molar-refractivity contribution < 1.29 is 8.42 Å². The number of rotatable bonds is 3.